The van der Waals surface area contributed by atoms with Crippen LogP contribution in [-0.4, -0.2) is 38.4 Å². The van der Waals surface area contributed by atoms with Crippen molar-refractivity contribution in [2.45, 2.75) is 25.9 Å². The molecule has 0 saturated carbocycles. The third-order valence-corrected chi connectivity index (χ3v) is 4.08. The van der Waals surface area contributed by atoms with Gasteiger partial charge in [-0.05, 0) is 30.4 Å². The quantitative estimate of drug-likeness (QED) is 0.838. The van der Waals surface area contributed by atoms with E-state index >= 15 is 0 Å². The first-order valence-electron chi connectivity index (χ1n) is 6.97. The second-order valence-corrected chi connectivity index (χ2v) is 5.67. The van der Waals surface area contributed by atoms with Crippen LogP contribution >= 0.6 is 11.8 Å². The number of benzene rings is 1. The number of thioether (sulfide) groups is 1. The summed E-state index contributed by atoms with van der Waals surface area (Å²) in [5.74, 6) is 3.37. The van der Waals surface area contributed by atoms with Gasteiger partial charge >= 0.3 is 0 Å². The Kier molecular flexibility index (Phi) is 5.86. The van der Waals surface area contributed by atoms with Crippen LogP contribution in [0.2, 0.25) is 0 Å². The van der Waals surface area contributed by atoms with Crippen molar-refractivity contribution in [3.8, 4) is 17.2 Å². The molecule has 2 rings (SSSR count). The van der Waals surface area contributed by atoms with E-state index in [9.17, 15) is 0 Å². The average Bonchev–Trinajstić information content (AvgIpc) is 2.50. The minimum absolute atomic E-state index is 0.532. The first-order chi connectivity index (χ1) is 9.78. The van der Waals surface area contributed by atoms with E-state index in [0.717, 1.165) is 41.5 Å². The van der Waals surface area contributed by atoms with E-state index in [1.807, 2.05) is 23.9 Å². The summed E-state index contributed by atoms with van der Waals surface area (Å²) in [6.45, 7) is 4.19. The van der Waals surface area contributed by atoms with E-state index in [1.165, 1.54) is 0 Å². The highest BCUT2D eigenvalue weighted by atomic mass is 32.2. The summed E-state index contributed by atoms with van der Waals surface area (Å²) < 4.78 is 16.7. The fourth-order valence-electron chi connectivity index (χ4n) is 2.21. The van der Waals surface area contributed by atoms with Crippen molar-refractivity contribution >= 4 is 11.8 Å². The SMILES string of the molecule is CCC(CSC)NCc1cc(OC)c2c(c1)OCCO2. The van der Waals surface area contributed by atoms with Crippen molar-refractivity contribution in [2.24, 2.45) is 0 Å². The lowest BCUT2D eigenvalue weighted by Crippen LogP contribution is -2.30. The third-order valence-electron chi connectivity index (χ3n) is 3.34. The van der Waals surface area contributed by atoms with Gasteiger partial charge in [0.15, 0.2) is 11.5 Å². The summed E-state index contributed by atoms with van der Waals surface area (Å²) in [7, 11) is 1.66. The van der Waals surface area contributed by atoms with Gasteiger partial charge in [-0.25, -0.2) is 0 Å². The lowest BCUT2D eigenvalue weighted by molar-refractivity contribution is 0.165. The summed E-state index contributed by atoms with van der Waals surface area (Å²) in [6.07, 6.45) is 3.26. The number of nitrogens with one attached hydrogen (secondary N) is 1. The first kappa shape index (κ1) is 15.3. The maximum absolute atomic E-state index is 5.65. The van der Waals surface area contributed by atoms with Gasteiger partial charge in [0.1, 0.15) is 13.2 Å². The number of fused-ring (bicyclic) bond motifs is 1. The van der Waals surface area contributed by atoms with Crippen LogP contribution in [0.1, 0.15) is 18.9 Å². The standard InChI is InChI=1S/C15H23NO3S/c1-4-12(10-20-3)16-9-11-7-13(17-2)15-14(8-11)18-5-6-19-15/h7-8,12,16H,4-6,9-10H2,1-3H3. The molecular weight excluding hydrogens is 274 g/mol. The molecule has 0 saturated heterocycles. The number of methoxy groups -OCH3 is 1. The van der Waals surface area contributed by atoms with E-state index < -0.39 is 0 Å². The Bertz CT molecular complexity index is 422. The molecule has 112 valence electrons. The van der Waals surface area contributed by atoms with Crippen molar-refractivity contribution in [2.75, 3.05) is 32.3 Å². The molecule has 1 N–H and O–H groups in total. The van der Waals surface area contributed by atoms with Gasteiger partial charge in [-0.2, -0.15) is 11.8 Å². The zero-order valence-electron chi connectivity index (χ0n) is 12.4. The second-order valence-electron chi connectivity index (χ2n) is 4.76. The van der Waals surface area contributed by atoms with Gasteiger partial charge in [-0.1, -0.05) is 6.92 Å². The Morgan fingerprint density at radius 2 is 2.15 bits per heavy atom. The van der Waals surface area contributed by atoms with Crippen molar-refractivity contribution in [1.29, 1.82) is 0 Å². The number of hydrogen-bond donors (Lipinski definition) is 1. The molecule has 0 fully saturated rings. The molecule has 20 heavy (non-hydrogen) atoms. The monoisotopic (exact) mass is 297 g/mol. The van der Waals surface area contributed by atoms with Crippen LogP contribution in [0, 0.1) is 0 Å². The van der Waals surface area contributed by atoms with Crippen molar-refractivity contribution in [3.05, 3.63) is 17.7 Å². The zero-order valence-corrected chi connectivity index (χ0v) is 13.2. The number of hydrogen-bond acceptors (Lipinski definition) is 5. The molecule has 1 heterocycles. The minimum Gasteiger partial charge on any atom is -0.493 e. The maximum atomic E-state index is 5.65. The molecule has 0 radical (unpaired) electrons. The van der Waals surface area contributed by atoms with Crippen LogP contribution in [0.3, 0.4) is 0 Å². The molecule has 1 aliphatic heterocycles. The first-order valence-corrected chi connectivity index (χ1v) is 8.36. The zero-order chi connectivity index (χ0) is 14.4. The minimum atomic E-state index is 0.532. The maximum Gasteiger partial charge on any atom is 0.203 e. The predicted octanol–water partition coefficient (Wildman–Crippen LogP) is 2.70. The molecule has 1 unspecified atom stereocenters. The van der Waals surface area contributed by atoms with Crippen molar-refractivity contribution in [3.63, 3.8) is 0 Å². The molecule has 1 atom stereocenters. The lowest BCUT2D eigenvalue weighted by atomic mass is 10.1. The normalized spacial score (nSPS) is 14.9. The molecule has 0 amide bonds. The average molecular weight is 297 g/mol. The van der Waals surface area contributed by atoms with Gasteiger partial charge in [0.25, 0.3) is 0 Å². The highest BCUT2D eigenvalue weighted by molar-refractivity contribution is 7.98. The van der Waals surface area contributed by atoms with Crippen LogP contribution in [-0.2, 0) is 6.54 Å². The molecule has 1 aromatic carbocycles. The Morgan fingerprint density at radius 1 is 1.35 bits per heavy atom. The third kappa shape index (κ3) is 3.73. The Labute approximate surface area is 125 Å². The molecule has 5 heteroatoms. The molecule has 1 aliphatic rings. The molecule has 0 aromatic heterocycles. The van der Waals surface area contributed by atoms with Crippen molar-refractivity contribution in [1.82, 2.24) is 5.32 Å². The molecule has 1 aromatic rings. The fourth-order valence-corrected chi connectivity index (χ4v) is 2.97. The smallest absolute Gasteiger partial charge is 0.203 e. The topological polar surface area (TPSA) is 39.7 Å². The van der Waals surface area contributed by atoms with Crippen LogP contribution in [0.15, 0.2) is 12.1 Å². The van der Waals surface area contributed by atoms with Gasteiger partial charge in [0.2, 0.25) is 5.75 Å². The number of ether oxygens (including phenoxy) is 3. The van der Waals surface area contributed by atoms with Gasteiger partial charge in [-0.3, -0.25) is 0 Å². The Morgan fingerprint density at radius 3 is 2.85 bits per heavy atom. The molecule has 0 aliphatic carbocycles. The Hall–Kier alpha value is -1.07. The van der Waals surface area contributed by atoms with Crippen molar-refractivity contribution < 1.29 is 14.2 Å². The second kappa shape index (κ2) is 7.64. The van der Waals surface area contributed by atoms with Gasteiger partial charge in [0.05, 0.1) is 7.11 Å². The predicted molar refractivity (Wildman–Crippen MR) is 83.3 cm³/mol. The summed E-state index contributed by atoms with van der Waals surface area (Å²) >= 11 is 1.87. The molecule has 0 spiro atoms. The van der Waals surface area contributed by atoms with E-state index in [4.69, 9.17) is 14.2 Å². The molecular formula is C15H23NO3S. The summed E-state index contributed by atoms with van der Waals surface area (Å²) in [4.78, 5) is 0. The van der Waals surface area contributed by atoms with Gasteiger partial charge in [0, 0.05) is 18.3 Å². The fraction of sp³-hybridized carbons (Fsp3) is 0.600. The molecule has 4 nitrogen and oxygen atoms in total. The van der Waals surface area contributed by atoms with Crippen LogP contribution < -0.4 is 19.5 Å². The van der Waals surface area contributed by atoms with Crippen LogP contribution in [0.5, 0.6) is 17.2 Å². The highest BCUT2D eigenvalue weighted by Gasteiger charge is 2.18. The van der Waals surface area contributed by atoms with Crippen LogP contribution in [0.25, 0.3) is 0 Å². The Balaban J connectivity index is 2.08. The molecule has 0 bridgehead atoms. The van der Waals surface area contributed by atoms with Gasteiger partial charge < -0.3 is 19.5 Å². The van der Waals surface area contributed by atoms with E-state index in [1.54, 1.807) is 7.11 Å². The highest BCUT2D eigenvalue weighted by Crippen LogP contribution is 2.40. The largest absolute Gasteiger partial charge is 0.493 e. The summed E-state index contributed by atoms with van der Waals surface area (Å²) in [5.41, 5.74) is 1.16. The number of rotatable bonds is 7. The van der Waals surface area contributed by atoms with Gasteiger partial charge in [-0.15, -0.1) is 0 Å². The van der Waals surface area contributed by atoms with E-state index in [2.05, 4.69) is 18.5 Å². The summed E-state index contributed by atoms with van der Waals surface area (Å²) in [6, 6.07) is 4.59. The van der Waals surface area contributed by atoms with E-state index in [-0.39, 0.29) is 0 Å². The lowest BCUT2D eigenvalue weighted by Gasteiger charge is -2.22. The van der Waals surface area contributed by atoms with Crippen LogP contribution in [0.4, 0.5) is 0 Å². The van der Waals surface area contributed by atoms with E-state index in [0.29, 0.717) is 19.3 Å². The summed E-state index contributed by atoms with van der Waals surface area (Å²) in [5, 5.41) is 3.57.